The average Bonchev–Trinajstić information content (AvgIpc) is 3.00. The molecule has 5 nitrogen and oxygen atoms in total. The number of amides is 2. The van der Waals surface area contributed by atoms with E-state index in [0.29, 0.717) is 6.42 Å². The van der Waals surface area contributed by atoms with Crippen molar-refractivity contribution < 1.29 is 9.59 Å². The number of hydrogen-bond acceptors (Lipinski definition) is 4. The highest BCUT2D eigenvalue weighted by Gasteiger charge is 2.09. The van der Waals surface area contributed by atoms with Crippen molar-refractivity contribution >= 4 is 28.8 Å². The number of carbonyl (C=O) groups excluding carboxylic acids is 2. The average molecular weight is 345 g/mol. The Bertz CT molecular complexity index is 697. The number of thiazole rings is 1. The van der Waals surface area contributed by atoms with Gasteiger partial charge in [0.05, 0.1) is 12.1 Å². The number of anilines is 1. The molecule has 0 aliphatic rings. The molecule has 2 amide bonds. The normalized spacial score (nSPS) is 10.4. The van der Waals surface area contributed by atoms with Gasteiger partial charge in [-0.2, -0.15) is 0 Å². The van der Waals surface area contributed by atoms with Gasteiger partial charge in [0, 0.05) is 30.1 Å². The highest BCUT2D eigenvalue weighted by Crippen LogP contribution is 2.26. The maximum absolute atomic E-state index is 11.9. The van der Waals surface area contributed by atoms with E-state index >= 15 is 0 Å². The molecule has 0 atom stereocenters. The van der Waals surface area contributed by atoms with Crippen LogP contribution in [0.4, 0.5) is 5.69 Å². The number of carbonyl (C=O) groups is 2. The van der Waals surface area contributed by atoms with E-state index in [2.05, 4.69) is 22.5 Å². The van der Waals surface area contributed by atoms with Gasteiger partial charge < -0.3 is 10.6 Å². The monoisotopic (exact) mass is 345 g/mol. The number of unbranched alkanes of at least 4 members (excludes halogenated alkanes) is 2. The van der Waals surface area contributed by atoms with Crippen molar-refractivity contribution in [1.29, 1.82) is 0 Å². The van der Waals surface area contributed by atoms with E-state index in [4.69, 9.17) is 0 Å². The molecule has 0 radical (unpaired) electrons. The highest BCUT2D eigenvalue weighted by atomic mass is 32.1. The molecule has 0 spiro atoms. The molecule has 6 heteroatoms. The first-order valence-corrected chi connectivity index (χ1v) is 9.05. The summed E-state index contributed by atoms with van der Waals surface area (Å²) in [6.07, 6.45) is 3.59. The fourth-order valence-electron chi connectivity index (χ4n) is 2.28. The summed E-state index contributed by atoms with van der Waals surface area (Å²) in [5.74, 6) is -0.0957. The van der Waals surface area contributed by atoms with E-state index < -0.39 is 0 Å². The summed E-state index contributed by atoms with van der Waals surface area (Å²) in [5, 5.41) is 8.44. The molecular formula is C18H23N3O2S. The SMILES string of the molecule is CCCCCNC(=O)Cc1csc(-c2cccc(NC(C)=O)c2)n1. The van der Waals surface area contributed by atoms with Gasteiger partial charge in [-0.3, -0.25) is 9.59 Å². The van der Waals surface area contributed by atoms with Crippen molar-refractivity contribution in [1.82, 2.24) is 10.3 Å². The third-order valence-electron chi connectivity index (χ3n) is 3.43. The molecule has 0 unspecified atom stereocenters. The molecule has 2 N–H and O–H groups in total. The van der Waals surface area contributed by atoms with E-state index in [-0.39, 0.29) is 11.8 Å². The van der Waals surface area contributed by atoms with Crippen LogP contribution in [0.1, 0.15) is 38.8 Å². The smallest absolute Gasteiger partial charge is 0.226 e. The Labute approximate surface area is 146 Å². The Morgan fingerprint density at radius 2 is 2.08 bits per heavy atom. The largest absolute Gasteiger partial charge is 0.356 e. The molecule has 24 heavy (non-hydrogen) atoms. The lowest BCUT2D eigenvalue weighted by Crippen LogP contribution is -2.26. The lowest BCUT2D eigenvalue weighted by atomic mass is 10.2. The molecule has 2 aromatic rings. The van der Waals surface area contributed by atoms with Gasteiger partial charge in [0.1, 0.15) is 5.01 Å². The topological polar surface area (TPSA) is 71.1 Å². The summed E-state index contributed by atoms with van der Waals surface area (Å²) in [4.78, 5) is 27.6. The summed E-state index contributed by atoms with van der Waals surface area (Å²) in [6, 6.07) is 7.54. The number of benzene rings is 1. The lowest BCUT2D eigenvalue weighted by molar-refractivity contribution is -0.120. The Kier molecular flexibility index (Phi) is 6.93. The quantitative estimate of drug-likeness (QED) is 0.718. The Morgan fingerprint density at radius 3 is 2.83 bits per heavy atom. The second-order valence-corrected chi connectivity index (χ2v) is 6.50. The predicted molar refractivity (Wildman–Crippen MR) is 98.1 cm³/mol. The zero-order valence-electron chi connectivity index (χ0n) is 14.1. The number of rotatable bonds is 8. The van der Waals surface area contributed by atoms with Gasteiger partial charge in [-0.1, -0.05) is 31.9 Å². The van der Waals surface area contributed by atoms with Crippen molar-refractivity contribution in [3.8, 4) is 10.6 Å². The van der Waals surface area contributed by atoms with E-state index in [0.717, 1.165) is 47.8 Å². The number of aromatic nitrogens is 1. The van der Waals surface area contributed by atoms with E-state index in [1.807, 2.05) is 29.6 Å². The van der Waals surface area contributed by atoms with Crippen LogP contribution in [0.5, 0.6) is 0 Å². The van der Waals surface area contributed by atoms with Crippen LogP contribution in [0, 0.1) is 0 Å². The van der Waals surface area contributed by atoms with Crippen LogP contribution in [-0.4, -0.2) is 23.3 Å². The summed E-state index contributed by atoms with van der Waals surface area (Å²) in [5.41, 5.74) is 2.44. The molecule has 0 bridgehead atoms. The van der Waals surface area contributed by atoms with Crippen molar-refractivity contribution in [2.24, 2.45) is 0 Å². The van der Waals surface area contributed by atoms with Gasteiger partial charge >= 0.3 is 0 Å². The minimum absolute atomic E-state index is 0.00921. The lowest BCUT2D eigenvalue weighted by Gasteiger charge is -2.04. The standard InChI is InChI=1S/C18H23N3O2S/c1-3-4-5-9-19-17(23)11-16-12-24-18(21-16)14-7-6-8-15(10-14)20-13(2)22/h6-8,10,12H,3-5,9,11H2,1-2H3,(H,19,23)(H,20,22). The van der Waals surface area contributed by atoms with Gasteiger partial charge in [0.15, 0.2) is 0 Å². The van der Waals surface area contributed by atoms with E-state index in [1.54, 1.807) is 0 Å². The fourth-order valence-corrected chi connectivity index (χ4v) is 3.10. The molecule has 0 saturated carbocycles. The molecule has 0 aliphatic heterocycles. The molecule has 1 heterocycles. The summed E-state index contributed by atoms with van der Waals surface area (Å²) in [7, 11) is 0. The predicted octanol–water partition coefficient (Wildman–Crippen LogP) is 3.62. The van der Waals surface area contributed by atoms with Crippen molar-refractivity contribution in [2.45, 2.75) is 39.5 Å². The third-order valence-corrected chi connectivity index (χ3v) is 4.37. The summed E-state index contributed by atoms with van der Waals surface area (Å²) < 4.78 is 0. The first kappa shape index (κ1) is 18.1. The van der Waals surface area contributed by atoms with Crippen LogP contribution in [0.3, 0.4) is 0 Å². The van der Waals surface area contributed by atoms with Gasteiger partial charge in [-0.25, -0.2) is 4.98 Å². The molecule has 1 aromatic heterocycles. The first-order valence-electron chi connectivity index (χ1n) is 8.17. The summed E-state index contributed by atoms with van der Waals surface area (Å²) >= 11 is 1.50. The number of hydrogen-bond donors (Lipinski definition) is 2. The summed E-state index contributed by atoms with van der Waals surface area (Å²) in [6.45, 7) is 4.34. The van der Waals surface area contributed by atoms with E-state index in [9.17, 15) is 9.59 Å². The van der Waals surface area contributed by atoms with Crippen LogP contribution < -0.4 is 10.6 Å². The Hall–Kier alpha value is -2.21. The molecule has 128 valence electrons. The minimum atomic E-state index is -0.105. The number of nitrogens with zero attached hydrogens (tertiary/aromatic N) is 1. The molecule has 0 aliphatic carbocycles. The van der Waals surface area contributed by atoms with Crippen LogP contribution in [0.15, 0.2) is 29.6 Å². The van der Waals surface area contributed by atoms with Gasteiger partial charge in [-0.05, 0) is 18.6 Å². The maximum Gasteiger partial charge on any atom is 0.226 e. The Balaban J connectivity index is 1.95. The maximum atomic E-state index is 11.9. The second kappa shape index (κ2) is 9.17. The van der Waals surface area contributed by atoms with E-state index in [1.165, 1.54) is 18.3 Å². The highest BCUT2D eigenvalue weighted by molar-refractivity contribution is 7.13. The van der Waals surface area contributed by atoms with Crippen LogP contribution >= 0.6 is 11.3 Å². The zero-order valence-corrected chi connectivity index (χ0v) is 14.9. The van der Waals surface area contributed by atoms with Gasteiger partial charge in [0.2, 0.25) is 11.8 Å². The molecular weight excluding hydrogens is 322 g/mol. The van der Waals surface area contributed by atoms with Crippen LogP contribution in [-0.2, 0) is 16.0 Å². The molecule has 0 saturated heterocycles. The molecule has 0 fully saturated rings. The van der Waals surface area contributed by atoms with Crippen LogP contribution in [0.25, 0.3) is 10.6 Å². The Morgan fingerprint density at radius 1 is 1.25 bits per heavy atom. The fraction of sp³-hybridized carbons (Fsp3) is 0.389. The van der Waals surface area contributed by atoms with Gasteiger partial charge in [0.25, 0.3) is 0 Å². The zero-order chi connectivity index (χ0) is 17.4. The molecule has 1 aromatic carbocycles. The number of nitrogens with one attached hydrogen (secondary N) is 2. The third kappa shape index (κ3) is 5.77. The minimum Gasteiger partial charge on any atom is -0.356 e. The molecule has 2 rings (SSSR count). The van der Waals surface area contributed by atoms with Crippen LogP contribution in [0.2, 0.25) is 0 Å². The van der Waals surface area contributed by atoms with Crippen molar-refractivity contribution in [3.63, 3.8) is 0 Å². The van der Waals surface area contributed by atoms with Gasteiger partial charge in [-0.15, -0.1) is 11.3 Å². The van der Waals surface area contributed by atoms with Crippen molar-refractivity contribution in [3.05, 3.63) is 35.3 Å². The second-order valence-electron chi connectivity index (χ2n) is 5.64. The van der Waals surface area contributed by atoms with Crippen molar-refractivity contribution in [2.75, 3.05) is 11.9 Å². The first-order chi connectivity index (χ1) is 11.6.